The fourth-order valence-corrected chi connectivity index (χ4v) is 6.25. The zero-order valence-corrected chi connectivity index (χ0v) is 20.9. The summed E-state index contributed by atoms with van der Waals surface area (Å²) in [7, 11) is 0. The third-order valence-electron chi connectivity index (χ3n) is 4.45. The van der Waals surface area contributed by atoms with Crippen molar-refractivity contribution in [2.24, 2.45) is 0 Å². The van der Waals surface area contributed by atoms with Crippen LogP contribution in [0.4, 0.5) is 0 Å². The molecule has 0 aliphatic rings. The molecule has 0 aliphatic carbocycles. The van der Waals surface area contributed by atoms with Crippen molar-refractivity contribution in [3.63, 3.8) is 0 Å². The first-order valence-corrected chi connectivity index (χ1v) is 16.2. The van der Waals surface area contributed by atoms with E-state index < -0.39 is 25.0 Å². The van der Waals surface area contributed by atoms with Crippen molar-refractivity contribution in [3.05, 3.63) is 4.91 Å². The third kappa shape index (κ3) is 22.1. The molecule has 0 aromatic heterocycles. The molecule has 0 spiro atoms. The summed E-state index contributed by atoms with van der Waals surface area (Å²) in [6.07, 6.45) is 22.1. The van der Waals surface area contributed by atoms with E-state index in [2.05, 4.69) is 9.67 Å². The standard InChI is InChI=1S/C18H37.Hg.HNO3/c1-3-5-7-9-11-13-15-17-18-16-14-12-10-8-6-4-2;;2-1(3)4/h1,3-18H2,2H3;;(H,2,3,4)/q;+1;. The molecule has 0 atom stereocenters. The predicted molar refractivity (Wildman–Crippen MR) is 90.9 cm³/mol. The Hall–Kier alpha value is 0.135. The summed E-state index contributed by atoms with van der Waals surface area (Å²) in [6.45, 7) is 2.28. The van der Waals surface area contributed by atoms with E-state index in [0.717, 1.165) is 3.93 Å². The maximum absolute atomic E-state index is 10.1. The zero-order chi connectivity index (χ0) is 17.0. The van der Waals surface area contributed by atoms with Gasteiger partial charge >= 0.3 is 118 Å². The SMILES string of the molecule is CCCCCCCCCCCCCCCCC[CH2][Hg][O][N+](=O)O. The van der Waals surface area contributed by atoms with Crippen molar-refractivity contribution >= 4 is 0 Å². The number of nitrogens with zero attached hydrogens (tertiary/aromatic N) is 1. The fourth-order valence-electron chi connectivity index (χ4n) is 2.97. The van der Waals surface area contributed by atoms with Crippen LogP contribution in [0.3, 0.4) is 0 Å². The second-order valence-electron chi connectivity index (χ2n) is 6.73. The van der Waals surface area contributed by atoms with Gasteiger partial charge in [-0.15, -0.1) is 0 Å². The average Bonchev–Trinajstić information content (AvgIpc) is 2.53. The van der Waals surface area contributed by atoms with Crippen molar-refractivity contribution < 1.29 is 38.1 Å². The molecule has 23 heavy (non-hydrogen) atoms. The van der Waals surface area contributed by atoms with Crippen LogP contribution < -0.4 is 0 Å². The molecule has 0 saturated heterocycles. The fraction of sp³-hybridized carbons (Fsp3) is 1.00. The van der Waals surface area contributed by atoms with Gasteiger partial charge in [0, 0.05) is 0 Å². The van der Waals surface area contributed by atoms with Crippen LogP contribution in [-0.4, -0.2) is 10.3 Å². The number of hydrogen-bond donors (Lipinski definition) is 1. The minimum absolute atomic E-state index is 0.353. The van der Waals surface area contributed by atoms with Gasteiger partial charge in [-0.2, -0.15) is 0 Å². The van der Waals surface area contributed by atoms with Crippen molar-refractivity contribution in [1.29, 1.82) is 0 Å². The summed E-state index contributed by atoms with van der Waals surface area (Å²) in [4.78, 5) is 10.1. The predicted octanol–water partition coefficient (Wildman–Crippen LogP) is 6.76. The van der Waals surface area contributed by atoms with E-state index in [9.17, 15) is 4.91 Å². The van der Waals surface area contributed by atoms with Gasteiger partial charge in [-0.25, -0.2) is 0 Å². The first-order chi connectivity index (χ1) is 11.3. The van der Waals surface area contributed by atoms with Crippen LogP contribution in [-0.2, 0) is 27.8 Å². The second-order valence-corrected chi connectivity index (χ2v) is 12.1. The van der Waals surface area contributed by atoms with E-state index in [1.54, 1.807) is 0 Å². The normalized spacial score (nSPS) is 10.5. The molecule has 0 saturated carbocycles. The molecule has 5 heteroatoms. The molecule has 0 unspecified atom stereocenters. The van der Waals surface area contributed by atoms with Crippen LogP contribution in [0, 0.1) is 4.91 Å². The molecule has 0 aliphatic heterocycles. The molecule has 0 fully saturated rings. The van der Waals surface area contributed by atoms with E-state index in [1.165, 1.54) is 103 Å². The molecule has 0 aromatic rings. The number of hydrogen-bond acceptors (Lipinski definition) is 2. The van der Waals surface area contributed by atoms with Gasteiger partial charge < -0.3 is 0 Å². The van der Waals surface area contributed by atoms with Crippen molar-refractivity contribution in [1.82, 2.24) is 0 Å². The third-order valence-corrected chi connectivity index (χ3v) is 9.08. The van der Waals surface area contributed by atoms with Crippen LogP contribution >= 0.6 is 0 Å². The Balaban J connectivity index is 2.96. The van der Waals surface area contributed by atoms with Crippen molar-refractivity contribution in [2.45, 2.75) is 114 Å². The van der Waals surface area contributed by atoms with Crippen LogP contribution in [0.1, 0.15) is 110 Å². The number of rotatable bonds is 19. The van der Waals surface area contributed by atoms with E-state index in [-0.39, 0.29) is 5.09 Å². The molecular weight excluding hydrogens is 479 g/mol. The molecule has 0 bridgehead atoms. The summed E-state index contributed by atoms with van der Waals surface area (Å²) in [5.41, 5.74) is 0. The van der Waals surface area contributed by atoms with E-state index in [4.69, 9.17) is 5.21 Å². The Morgan fingerprint density at radius 2 is 1.04 bits per heavy atom. The van der Waals surface area contributed by atoms with E-state index in [1.807, 2.05) is 0 Å². The quantitative estimate of drug-likeness (QED) is 0.117. The first kappa shape index (κ1) is 23.1. The first-order valence-electron chi connectivity index (χ1n) is 10.1. The Bertz CT molecular complexity index is 252. The monoisotopic (exact) mass is 518 g/mol. The molecule has 1 N–H and O–H groups in total. The van der Waals surface area contributed by atoms with Crippen molar-refractivity contribution in [3.8, 4) is 0 Å². The molecule has 4 nitrogen and oxygen atoms in total. The van der Waals surface area contributed by atoms with Crippen LogP contribution in [0.15, 0.2) is 0 Å². The Labute approximate surface area is 156 Å². The van der Waals surface area contributed by atoms with Crippen LogP contribution in [0.2, 0.25) is 3.93 Å². The topological polar surface area (TPSA) is 49.5 Å². The van der Waals surface area contributed by atoms with Gasteiger partial charge in [-0.1, -0.05) is 39.0 Å². The molecule has 0 aromatic carbocycles. The van der Waals surface area contributed by atoms with E-state index in [0.29, 0.717) is 0 Å². The van der Waals surface area contributed by atoms with Gasteiger partial charge in [-0.3, -0.25) is 0 Å². The van der Waals surface area contributed by atoms with Gasteiger partial charge in [0.25, 0.3) is 0 Å². The van der Waals surface area contributed by atoms with Crippen molar-refractivity contribution in [2.75, 3.05) is 0 Å². The van der Waals surface area contributed by atoms with Crippen LogP contribution in [0.25, 0.3) is 0 Å². The summed E-state index contributed by atoms with van der Waals surface area (Å²) >= 11 is -1.53. The molecule has 0 amide bonds. The Kier molecular flexibility index (Phi) is 20.3. The molecule has 0 radical (unpaired) electrons. The Morgan fingerprint density at radius 3 is 1.39 bits per heavy atom. The van der Waals surface area contributed by atoms with Gasteiger partial charge in [0.2, 0.25) is 0 Å². The molecule has 0 heterocycles. The molecule has 0 rings (SSSR count). The second kappa shape index (κ2) is 20.2. The summed E-state index contributed by atoms with van der Waals surface area (Å²) < 4.78 is 5.69. The summed E-state index contributed by atoms with van der Waals surface area (Å²) in [5.74, 6) is 0. The molecular formula is C18H38HgNO3+. The summed E-state index contributed by atoms with van der Waals surface area (Å²) in [6, 6.07) is 0. The van der Waals surface area contributed by atoms with Gasteiger partial charge in [0.1, 0.15) is 0 Å². The zero-order valence-electron chi connectivity index (χ0n) is 15.4. The Morgan fingerprint density at radius 1 is 0.696 bits per heavy atom. The van der Waals surface area contributed by atoms with Crippen LogP contribution in [0.5, 0.6) is 0 Å². The van der Waals surface area contributed by atoms with Gasteiger partial charge in [0.05, 0.1) is 0 Å². The van der Waals surface area contributed by atoms with E-state index >= 15 is 0 Å². The minimum atomic E-state index is -1.53. The van der Waals surface area contributed by atoms with Gasteiger partial charge in [0.15, 0.2) is 0 Å². The average molecular weight is 517 g/mol. The summed E-state index contributed by atoms with van der Waals surface area (Å²) in [5, 5.41) is 7.95. The molecule has 134 valence electrons. The van der Waals surface area contributed by atoms with Gasteiger partial charge in [-0.05, 0) is 0 Å². The maximum atomic E-state index is 10.1. The number of unbranched alkanes of at least 4 members (excludes halogenated alkanes) is 15.